The summed E-state index contributed by atoms with van der Waals surface area (Å²) in [5, 5.41) is 3.74. The fraction of sp³-hybridized carbons (Fsp3) is 0.556. The van der Waals surface area contributed by atoms with Gasteiger partial charge in [0.15, 0.2) is 7.29 Å². The third-order valence-corrected chi connectivity index (χ3v) is 11.4. The highest BCUT2D eigenvalue weighted by Crippen LogP contribution is 2.74. The third-order valence-electron chi connectivity index (χ3n) is 7.70. The summed E-state index contributed by atoms with van der Waals surface area (Å²) in [5.41, 5.74) is 1.45. The van der Waals surface area contributed by atoms with Gasteiger partial charge in [-0.25, -0.2) is 0 Å². The Hall–Kier alpha value is -1.39. The molecular formula is C27H39BNO3P. The second kappa shape index (κ2) is 9.34. The average molecular weight is 467 g/mol. The normalized spacial score (nSPS) is 26.6. The summed E-state index contributed by atoms with van der Waals surface area (Å²) in [6.07, 6.45) is 2.65. The second-order valence-corrected chi connectivity index (χ2v) is 14.1. The topological polar surface area (TPSA) is 47.6 Å². The van der Waals surface area contributed by atoms with Crippen LogP contribution in [0.3, 0.4) is 0 Å². The Balaban J connectivity index is 1.72. The summed E-state index contributed by atoms with van der Waals surface area (Å²) in [7, 11) is -3.33. The van der Waals surface area contributed by atoms with Crippen LogP contribution in [0.5, 0.6) is 0 Å². The van der Waals surface area contributed by atoms with Gasteiger partial charge < -0.3 is 13.9 Å². The molecule has 6 heteroatoms. The molecule has 4 nitrogen and oxygen atoms in total. The lowest BCUT2D eigenvalue weighted by molar-refractivity contribution is 0.00578. The first-order chi connectivity index (χ1) is 15.5. The molecular weight excluding hydrogens is 428 g/mol. The van der Waals surface area contributed by atoms with Crippen LogP contribution in [-0.4, -0.2) is 24.3 Å². The van der Waals surface area contributed by atoms with Gasteiger partial charge in [0.1, 0.15) is 0 Å². The molecule has 0 aromatic heterocycles. The molecule has 0 saturated carbocycles. The molecule has 2 aromatic carbocycles. The summed E-state index contributed by atoms with van der Waals surface area (Å²) < 4.78 is 28.0. The van der Waals surface area contributed by atoms with E-state index in [4.69, 9.17) is 9.31 Å². The van der Waals surface area contributed by atoms with E-state index in [0.717, 1.165) is 30.4 Å². The maximum Gasteiger partial charge on any atom is 0.476 e. The van der Waals surface area contributed by atoms with Crippen LogP contribution in [0.15, 0.2) is 60.7 Å². The highest BCUT2D eigenvalue weighted by molar-refractivity contribution is 7.63. The number of rotatable bonds is 7. The van der Waals surface area contributed by atoms with Crippen LogP contribution in [0, 0.1) is 5.92 Å². The molecule has 2 aliphatic rings. The van der Waals surface area contributed by atoms with Crippen molar-refractivity contribution in [1.82, 2.24) is 5.09 Å². The SMILES string of the molecule is CC(C)C[C@H](NP1(=O)[C@H](c2ccccc2)CC[C@H]1c1ccccc1)B1OC(C)(C)C(C)(C)O1. The van der Waals surface area contributed by atoms with Crippen molar-refractivity contribution in [2.45, 2.75) is 89.3 Å². The Kier molecular flexibility index (Phi) is 7.00. The molecule has 4 rings (SSSR count). The van der Waals surface area contributed by atoms with Crippen LogP contribution in [-0.2, 0) is 13.9 Å². The molecule has 33 heavy (non-hydrogen) atoms. The van der Waals surface area contributed by atoms with E-state index in [1.807, 2.05) is 12.1 Å². The van der Waals surface area contributed by atoms with Gasteiger partial charge in [-0.1, -0.05) is 74.5 Å². The summed E-state index contributed by atoms with van der Waals surface area (Å²) in [6.45, 7) is 12.7. The highest BCUT2D eigenvalue weighted by Gasteiger charge is 2.56. The minimum absolute atomic E-state index is 0.0130. The van der Waals surface area contributed by atoms with Crippen LogP contribution in [0.25, 0.3) is 0 Å². The molecule has 178 valence electrons. The molecule has 0 radical (unpaired) electrons. The molecule has 2 aliphatic heterocycles. The monoisotopic (exact) mass is 467 g/mol. The Morgan fingerprint density at radius 3 is 1.70 bits per heavy atom. The number of hydrogen-bond donors (Lipinski definition) is 1. The van der Waals surface area contributed by atoms with Gasteiger partial charge in [-0.15, -0.1) is 0 Å². The first-order valence-electron chi connectivity index (χ1n) is 12.4. The predicted octanol–water partition coefficient (Wildman–Crippen LogP) is 7.18. The predicted molar refractivity (Wildman–Crippen MR) is 138 cm³/mol. The molecule has 2 fully saturated rings. The smallest absolute Gasteiger partial charge is 0.402 e. The standard InChI is InChI=1S/C27H39BNO3P/c1-20(2)19-25(28-31-26(3,4)27(5,6)32-28)29-33(30)23(21-13-9-7-10-14-21)17-18-24(33)22-15-11-8-12-16-22/h7-16,20,23-25H,17-19H2,1-6H3,(H,29,30)/t23-,24-,25-/m0/s1. The van der Waals surface area contributed by atoms with Crippen LogP contribution in [0.2, 0.25) is 0 Å². The van der Waals surface area contributed by atoms with Crippen molar-refractivity contribution in [1.29, 1.82) is 0 Å². The van der Waals surface area contributed by atoms with Crippen molar-refractivity contribution < 1.29 is 13.9 Å². The van der Waals surface area contributed by atoms with Crippen LogP contribution < -0.4 is 5.09 Å². The van der Waals surface area contributed by atoms with E-state index in [9.17, 15) is 0 Å². The van der Waals surface area contributed by atoms with Crippen LogP contribution in [0.1, 0.15) is 83.2 Å². The van der Waals surface area contributed by atoms with Crippen molar-refractivity contribution in [3.63, 3.8) is 0 Å². The quantitative estimate of drug-likeness (QED) is 0.346. The van der Waals surface area contributed by atoms with Crippen LogP contribution in [0.4, 0.5) is 0 Å². The lowest BCUT2D eigenvalue weighted by Crippen LogP contribution is -2.45. The lowest BCUT2D eigenvalue weighted by Gasteiger charge is -2.33. The molecule has 2 aromatic rings. The van der Waals surface area contributed by atoms with Crippen molar-refractivity contribution in [3.05, 3.63) is 71.8 Å². The van der Waals surface area contributed by atoms with Crippen molar-refractivity contribution >= 4 is 14.4 Å². The third kappa shape index (κ3) is 4.89. The van der Waals surface area contributed by atoms with Crippen LogP contribution >= 0.6 is 7.29 Å². The Morgan fingerprint density at radius 1 is 0.879 bits per heavy atom. The van der Waals surface area contributed by atoms with E-state index in [0.29, 0.717) is 5.92 Å². The van der Waals surface area contributed by atoms with Gasteiger partial charge in [0.05, 0.1) is 22.5 Å². The first-order valence-corrected chi connectivity index (χ1v) is 14.2. The minimum atomic E-state index is -2.89. The van der Waals surface area contributed by atoms with E-state index < -0.39 is 25.6 Å². The summed E-state index contributed by atoms with van der Waals surface area (Å²) in [4.78, 5) is 0. The summed E-state index contributed by atoms with van der Waals surface area (Å²) in [5.74, 6) is 0.272. The Labute approximate surface area is 200 Å². The lowest BCUT2D eigenvalue weighted by atomic mass is 9.75. The molecule has 0 spiro atoms. The summed E-state index contributed by atoms with van der Waals surface area (Å²) in [6, 6.07) is 20.7. The molecule has 3 atom stereocenters. The molecule has 0 bridgehead atoms. The van der Waals surface area contributed by atoms with Gasteiger partial charge in [0.2, 0.25) is 0 Å². The van der Waals surface area contributed by atoms with Gasteiger partial charge in [-0.05, 0) is 64.0 Å². The zero-order chi connectivity index (χ0) is 23.9. The largest absolute Gasteiger partial charge is 0.476 e. The van der Waals surface area contributed by atoms with Gasteiger partial charge in [-0.2, -0.15) is 0 Å². The first kappa shape index (κ1) is 24.7. The van der Waals surface area contributed by atoms with Gasteiger partial charge in [0.25, 0.3) is 0 Å². The molecule has 1 N–H and O–H groups in total. The van der Waals surface area contributed by atoms with E-state index in [2.05, 4.69) is 95.2 Å². The van der Waals surface area contributed by atoms with Crippen molar-refractivity contribution in [2.75, 3.05) is 0 Å². The van der Waals surface area contributed by atoms with E-state index >= 15 is 4.57 Å². The van der Waals surface area contributed by atoms with E-state index in [-0.39, 0.29) is 17.3 Å². The Morgan fingerprint density at radius 2 is 1.30 bits per heavy atom. The van der Waals surface area contributed by atoms with Gasteiger partial charge in [-0.3, -0.25) is 5.09 Å². The van der Waals surface area contributed by atoms with Crippen molar-refractivity contribution in [3.8, 4) is 0 Å². The fourth-order valence-corrected chi connectivity index (χ4v) is 9.10. The number of nitrogens with one attached hydrogen (secondary N) is 1. The van der Waals surface area contributed by atoms with E-state index in [1.54, 1.807) is 0 Å². The number of hydrogen-bond acceptors (Lipinski definition) is 3. The second-order valence-electron chi connectivity index (χ2n) is 11.1. The van der Waals surface area contributed by atoms with Crippen molar-refractivity contribution in [2.24, 2.45) is 5.92 Å². The maximum atomic E-state index is 15.1. The molecule has 2 saturated heterocycles. The fourth-order valence-electron chi connectivity index (χ4n) is 5.27. The van der Waals surface area contributed by atoms with Gasteiger partial charge >= 0.3 is 7.12 Å². The van der Waals surface area contributed by atoms with E-state index in [1.165, 1.54) is 0 Å². The summed E-state index contributed by atoms with van der Waals surface area (Å²) >= 11 is 0. The number of benzene rings is 2. The van der Waals surface area contributed by atoms with Gasteiger partial charge in [0, 0.05) is 5.94 Å². The average Bonchev–Trinajstić information content (AvgIpc) is 3.20. The molecule has 2 heterocycles. The molecule has 0 unspecified atom stereocenters. The zero-order valence-corrected chi connectivity index (χ0v) is 21.8. The highest BCUT2D eigenvalue weighted by atomic mass is 31.2. The zero-order valence-electron chi connectivity index (χ0n) is 21.0. The Bertz CT molecular complexity index is 912. The molecule has 0 aliphatic carbocycles. The maximum absolute atomic E-state index is 15.1. The minimum Gasteiger partial charge on any atom is -0.402 e. The molecule has 0 amide bonds.